The first-order valence-electron chi connectivity index (χ1n) is 12.1. The fraction of sp³-hybridized carbons (Fsp3) is 0.800. The number of carbonyl (C=O) groups is 2. The molecule has 4 N–H and O–H groups in total. The second-order valence-corrected chi connectivity index (χ2v) is 13.2. The highest BCUT2D eigenvalue weighted by atomic mass is 32.1. The highest BCUT2D eigenvalue weighted by molar-refractivity contribution is 7.15. The maximum Gasteiger partial charge on any atom is 0.226 e. The van der Waals surface area contributed by atoms with Crippen molar-refractivity contribution in [3.63, 3.8) is 0 Å². The first-order chi connectivity index (χ1) is 15.2. The van der Waals surface area contributed by atoms with Gasteiger partial charge in [-0.1, -0.05) is 34.6 Å². The lowest BCUT2D eigenvalue weighted by Crippen LogP contribution is -2.57. The number of hydrogen-bond donors (Lipinski definition) is 4. The van der Waals surface area contributed by atoms with E-state index < -0.39 is 11.5 Å². The van der Waals surface area contributed by atoms with Crippen LogP contribution in [0.5, 0.6) is 0 Å². The molecule has 5 atom stereocenters. The minimum atomic E-state index is -0.656. The number of hydrogen-bond acceptors (Lipinski definition) is 6. The second kappa shape index (κ2) is 9.27. The molecular weight excluding hydrogens is 438 g/mol. The van der Waals surface area contributed by atoms with Crippen LogP contribution >= 0.6 is 11.3 Å². The van der Waals surface area contributed by atoms with Crippen molar-refractivity contribution in [1.82, 2.24) is 10.3 Å². The van der Waals surface area contributed by atoms with Gasteiger partial charge >= 0.3 is 0 Å². The molecule has 2 aliphatic rings. The molecule has 1 fully saturated rings. The molecule has 8 heteroatoms. The third-order valence-electron chi connectivity index (χ3n) is 7.67. The molecule has 7 nitrogen and oxygen atoms in total. The Morgan fingerprint density at radius 1 is 1.24 bits per heavy atom. The average molecular weight is 480 g/mol. The molecule has 0 aliphatic heterocycles. The van der Waals surface area contributed by atoms with Crippen molar-refractivity contribution in [3.8, 4) is 0 Å². The summed E-state index contributed by atoms with van der Waals surface area (Å²) in [5, 5.41) is 27.7. The van der Waals surface area contributed by atoms with Crippen LogP contribution in [0.3, 0.4) is 0 Å². The minimum Gasteiger partial charge on any atom is -0.396 e. The molecule has 3 rings (SSSR count). The van der Waals surface area contributed by atoms with Crippen molar-refractivity contribution in [1.29, 1.82) is 0 Å². The van der Waals surface area contributed by atoms with Crippen LogP contribution < -0.4 is 10.6 Å². The number of fused-ring (bicyclic) bond motifs is 2. The number of carbonyl (C=O) groups excluding carboxylic acids is 2. The number of aromatic nitrogens is 1. The van der Waals surface area contributed by atoms with Crippen molar-refractivity contribution >= 4 is 28.3 Å². The summed E-state index contributed by atoms with van der Waals surface area (Å²) >= 11 is 1.46. The van der Waals surface area contributed by atoms with Gasteiger partial charge in [0.15, 0.2) is 5.13 Å². The number of nitrogens with one attached hydrogen (secondary N) is 2. The first-order valence-corrected chi connectivity index (χ1v) is 12.9. The van der Waals surface area contributed by atoms with Crippen LogP contribution in [0.1, 0.15) is 90.6 Å². The molecule has 1 saturated carbocycles. The number of nitrogens with zero attached hydrogens (tertiary/aromatic N) is 1. The monoisotopic (exact) mass is 479 g/mol. The van der Waals surface area contributed by atoms with Gasteiger partial charge in [-0.2, -0.15) is 0 Å². The van der Waals surface area contributed by atoms with E-state index in [1.54, 1.807) is 0 Å². The Morgan fingerprint density at radius 2 is 1.91 bits per heavy atom. The van der Waals surface area contributed by atoms with Gasteiger partial charge in [0.1, 0.15) is 0 Å². The molecule has 0 radical (unpaired) electrons. The molecule has 0 aromatic carbocycles. The van der Waals surface area contributed by atoms with Crippen LogP contribution in [-0.4, -0.2) is 45.8 Å². The van der Waals surface area contributed by atoms with Crippen molar-refractivity contribution < 1.29 is 19.8 Å². The van der Waals surface area contributed by atoms with Crippen LogP contribution in [0.25, 0.3) is 0 Å². The number of amides is 2. The number of anilines is 1. The third kappa shape index (κ3) is 5.28. The fourth-order valence-corrected chi connectivity index (χ4v) is 7.00. The van der Waals surface area contributed by atoms with Crippen molar-refractivity contribution in [2.45, 2.75) is 98.6 Å². The normalized spacial score (nSPS) is 31.6. The Hall–Kier alpha value is -1.51. The Morgan fingerprint density at radius 3 is 2.48 bits per heavy atom. The van der Waals surface area contributed by atoms with Gasteiger partial charge in [0.05, 0.1) is 18.4 Å². The molecule has 0 spiro atoms. The predicted molar refractivity (Wildman–Crippen MR) is 131 cm³/mol. The molecule has 33 heavy (non-hydrogen) atoms. The average Bonchev–Trinajstić information content (AvgIpc) is 3.06. The second-order valence-electron chi connectivity index (χ2n) is 12.1. The van der Waals surface area contributed by atoms with Crippen LogP contribution in [0.15, 0.2) is 0 Å². The highest BCUT2D eigenvalue weighted by Crippen LogP contribution is 2.62. The lowest BCUT2D eigenvalue weighted by atomic mass is 9.47. The Kier molecular flexibility index (Phi) is 7.33. The van der Waals surface area contributed by atoms with Gasteiger partial charge in [0.2, 0.25) is 11.8 Å². The number of thiazole rings is 1. The summed E-state index contributed by atoms with van der Waals surface area (Å²) in [4.78, 5) is 31.3. The zero-order chi connectivity index (χ0) is 24.8. The standard InChI is InChI=1S/C25H41N3O4S/c1-14(2)26-19(31)10-15-21-16(33-22(28-21)27-20(32)12-23(3,4)5)11-17-24(15,6)9-8-18(30)25(17,7)13-29/h14-15,17-18,29-30H,8-13H2,1-7H3,(H,26,31)(H,27,28,32)/t15-,17+,18-,24+,25+/m1/s1. The molecule has 1 aromatic rings. The molecule has 2 amide bonds. The van der Waals surface area contributed by atoms with Crippen molar-refractivity contribution in [2.75, 3.05) is 11.9 Å². The van der Waals surface area contributed by atoms with E-state index >= 15 is 0 Å². The summed E-state index contributed by atoms with van der Waals surface area (Å²) in [5.41, 5.74) is -0.184. The Balaban J connectivity index is 2.00. The topological polar surface area (TPSA) is 112 Å². The SMILES string of the molecule is CC(C)NC(=O)C[C@@H]1c2nc(NC(=O)CC(C)(C)C)sc2C[C@@H]2[C@](C)(CO)[C@H](O)CC[C@]21C. The summed E-state index contributed by atoms with van der Waals surface area (Å²) in [6, 6.07) is 0.0442. The fourth-order valence-electron chi connectivity index (χ4n) is 5.91. The lowest BCUT2D eigenvalue weighted by Gasteiger charge is -2.58. The Labute approximate surface area is 201 Å². The molecule has 2 aliphatic carbocycles. The summed E-state index contributed by atoms with van der Waals surface area (Å²) in [6.45, 7) is 14.0. The van der Waals surface area contributed by atoms with Gasteiger partial charge in [-0.05, 0) is 49.9 Å². The number of rotatable bonds is 6. The summed E-state index contributed by atoms with van der Waals surface area (Å²) in [7, 11) is 0. The number of aliphatic hydroxyl groups is 2. The van der Waals surface area contributed by atoms with Crippen LogP contribution in [0, 0.1) is 22.2 Å². The quantitative estimate of drug-likeness (QED) is 0.495. The van der Waals surface area contributed by atoms with Gasteiger partial charge in [-0.3, -0.25) is 9.59 Å². The van der Waals surface area contributed by atoms with Crippen LogP contribution in [0.2, 0.25) is 0 Å². The van der Waals surface area contributed by atoms with Gasteiger partial charge in [-0.15, -0.1) is 11.3 Å². The van der Waals surface area contributed by atoms with Crippen molar-refractivity contribution in [3.05, 3.63) is 10.6 Å². The molecule has 0 bridgehead atoms. The van der Waals surface area contributed by atoms with Crippen molar-refractivity contribution in [2.24, 2.45) is 22.2 Å². The van der Waals surface area contributed by atoms with Crippen LogP contribution in [0.4, 0.5) is 5.13 Å². The maximum absolute atomic E-state index is 12.9. The molecule has 0 saturated heterocycles. The van der Waals surface area contributed by atoms with E-state index in [2.05, 4.69) is 17.6 Å². The molecular formula is C25H41N3O4S. The predicted octanol–water partition coefficient (Wildman–Crippen LogP) is 3.85. The van der Waals surface area contributed by atoms with E-state index in [-0.39, 0.29) is 47.1 Å². The smallest absolute Gasteiger partial charge is 0.226 e. The summed E-state index contributed by atoms with van der Waals surface area (Å²) < 4.78 is 0. The van der Waals surface area contributed by atoms with E-state index in [9.17, 15) is 19.8 Å². The molecule has 1 heterocycles. The van der Waals surface area contributed by atoms with Gasteiger partial charge in [0, 0.05) is 35.1 Å². The van der Waals surface area contributed by atoms with Gasteiger partial charge in [-0.25, -0.2) is 4.98 Å². The Bertz CT molecular complexity index is 893. The van der Waals surface area contributed by atoms with E-state index in [0.29, 0.717) is 30.8 Å². The molecule has 0 unspecified atom stereocenters. The maximum atomic E-state index is 12.9. The third-order valence-corrected chi connectivity index (χ3v) is 8.68. The van der Waals surface area contributed by atoms with E-state index in [4.69, 9.17) is 4.98 Å². The zero-order valence-electron chi connectivity index (χ0n) is 21.1. The van der Waals surface area contributed by atoms with Crippen LogP contribution in [-0.2, 0) is 16.0 Å². The largest absolute Gasteiger partial charge is 0.396 e. The van der Waals surface area contributed by atoms with E-state index in [1.807, 2.05) is 41.5 Å². The van der Waals surface area contributed by atoms with Gasteiger partial charge in [0.25, 0.3) is 0 Å². The van der Waals surface area contributed by atoms with E-state index in [1.165, 1.54) is 11.3 Å². The summed E-state index contributed by atoms with van der Waals surface area (Å²) in [6.07, 6.45) is 2.13. The molecule has 186 valence electrons. The number of aliphatic hydroxyl groups excluding tert-OH is 2. The minimum absolute atomic E-state index is 0.00155. The summed E-state index contributed by atoms with van der Waals surface area (Å²) in [5.74, 6) is -0.234. The zero-order valence-corrected chi connectivity index (χ0v) is 21.9. The first kappa shape index (κ1) is 26.1. The lowest BCUT2D eigenvalue weighted by molar-refractivity contribution is -0.144. The molecule has 1 aromatic heterocycles. The van der Waals surface area contributed by atoms with E-state index in [0.717, 1.165) is 17.0 Å². The highest BCUT2D eigenvalue weighted by Gasteiger charge is 2.59. The van der Waals surface area contributed by atoms with Gasteiger partial charge < -0.3 is 20.8 Å².